The maximum Gasteiger partial charge on any atom is 0.308 e. The first kappa shape index (κ1) is 14.7. The van der Waals surface area contributed by atoms with E-state index in [2.05, 4.69) is 0 Å². The molecule has 102 valence electrons. The second-order valence-corrected chi connectivity index (χ2v) is 4.33. The molecule has 0 spiro atoms. The Labute approximate surface area is 105 Å². The van der Waals surface area contributed by atoms with Gasteiger partial charge in [-0.05, 0) is 13.0 Å². The van der Waals surface area contributed by atoms with E-state index < -0.39 is 36.4 Å². The van der Waals surface area contributed by atoms with E-state index in [1.165, 1.54) is 19.1 Å². The van der Waals surface area contributed by atoms with Crippen LogP contribution < -0.4 is 0 Å². The number of carbonyl (C=O) groups excluding carboxylic acids is 2. The molecule has 4 unspecified atom stereocenters. The van der Waals surface area contributed by atoms with E-state index in [1.54, 1.807) is 6.92 Å². The van der Waals surface area contributed by atoms with Crippen molar-refractivity contribution < 1.29 is 29.3 Å². The number of hydrogen-bond donors (Lipinski definition) is 2. The van der Waals surface area contributed by atoms with E-state index in [-0.39, 0.29) is 6.42 Å². The highest BCUT2D eigenvalue weighted by Gasteiger charge is 2.24. The minimum Gasteiger partial charge on any atom is -0.462 e. The van der Waals surface area contributed by atoms with Crippen LogP contribution in [0.1, 0.15) is 26.7 Å². The first-order valence-corrected chi connectivity index (χ1v) is 5.79. The molecule has 0 amide bonds. The van der Waals surface area contributed by atoms with E-state index in [4.69, 9.17) is 9.47 Å². The Bertz CT molecular complexity index is 337. The molecular weight excluding hydrogens is 240 g/mol. The summed E-state index contributed by atoms with van der Waals surface area (Å²) in [6, 6.07) is 0. The van der Waals surface area contributed by atoms with Crippen LogP contribution in [0.5, 0.6) is 0 Å². The van der Waals surface area contributed by atoms with Crippen molar-refractivity contribution in [1.82, 2.24) is 0 Å². The Morgan fingerprint density at radius 1 is 1.44 bits per heavy atom. The second-order valence-electron chi connectivity index (χ2n) is 4.33. The summed E-state index contributed by atoms with van der Waals surface area (Å²) in [4.78, 5) is 22.3. The third-order valence-corrected chi connectivity index (χ3v) is 2.51. The maximum atomic E-state index is 11.4. The standard InChI is InChI=1S/C12H18O6/c1-7-5-9(18-8(2)13)3-4-10(14)11(15)6-12(16)17-7/h3-4,7,9-11,14-15H,5-6H2,1-2H3/b4-3+. The first-order chi connectivity index (χ1) is 8.38. The normalized spacial score (nSPS) is 35.4. The lowest BCUT2D eigenvalue weighted by molar-refractivity contribution is -0.154. The van der Waals surface area contributed by atoms with Crippen LogP contribution in [0.2, 0.25) is 0 Å². The number of aliphatic hydroxyl groups is 2. The van der Waals surface area contributed by atoms with Crippen LogP contribution in [0.25, 0.3) is 0 Å². The average Bonchev–Trinajstić information content (AvgIpc) is 2.22. The van der Waals surface area contributed by atoms with E-state index in [0.717, 1.165) is 0 Å². The minimum atomic E-state index is -1.22. The lowest BCUT2D eigenvalue weighted by Gasteiger charge is -2.22. The number of esters is 2. The molecule has 0 aliphatic carbocycles. The second kappa shape index (κ2) is 6.51. The molecule has 0 fully saturated rings. The van der Waals surface area contributed by atoms with E-state index in [9.17, 15) is 19.8 Å². The largest absolute Gasteiger partial charge is 0.462 e. The Morgan fingerprint density at radius 2 is 2.11 bits per heavy atom. The molecule has 0 bridgehead atoms. The third-order valence-electron chi connectivity index (χ3n) is 2.51. The van der Waals surface area contributed by atoms with Gasteiger partial charge in [-0.1, -0.05) is 6.08 Å². The van der Waals surface area contributed by atoms with Gasteiger partial charge in [0, 0.05) is 13.3 Å². The average molecular weight is 258 g/mol. The number of aliphatic hydroxyl groups excluding tert-OH is 2. The summed E-state index contributed by atoms with van der Waals surface area (Å²) < 4.78 is 10.0. The van der Waals surface area contributed by atoms with Crippen LogP contribution in [-0.4, -0.2) is 46.6 Å². The van der Waals surface area contributed by atoms with Crippen LogP contribution in [-0.2, 0) is 19.1 Å². The molecule has 0 saturated heterocycles. The van der Waals surface area contributed by atoms with Crippen molar-refractivity contribution in [1.29, 1.82) is 0 Å². The number of ether oxygens (including phenoxy) is 2. The highest BCUT2D eigenvalue weighted by Crippen LogP contribution is 2.14. The predicted molar refractivity (Wildman–Crippen MR) is 61.5 cm³/mol. The van der Waals surface area contributed by atoms with E-state index in [0.29, 0.717) is 6.42 Å². The maximum absolute atomic E-state index is 11.4. The van der Waals surface area contributed by atoms with Gasteiger partial charge in [0.05, 0.1) is 18.6 Å². The summed E-state index contributed by atoms with van der Waals surface area (Å²) in [7, 11) is 0. The van der Waals surface area contributed by atoms with Gasteiger partial charge in [-0.15, -0.1) is 0 Å². The summed E-state index contributed by atoms with van der Waals surface area (Å²) >= 11 is 0. The Hall–Kier alpha value is -1.40. The zero-order chi connectivity index (χ0) is 13.7. The van der Waals surface area contributed by atoms with Gasteiger partial charge in [0.15, 0.2) is 0 Å². The van der Waals surface area contributed by atoms with Gasteiger partial charge >= 0.3 is 11.9 Å². The van der Waals surface area contributed by atoms with Gasteiger partial charge in [0.1, 0.15) is 12.2 Å². The molecule has 0 aromatic carbocycles. The summed E-state index contributed by atoms with van der Waals surface area (Å²) in [5, 5.41) is 19.1. The summed E-state index contributed by atoms with van der Waals surface area (Å²) in [6.07, 6.45) is -0.590. The van der Waals surface area contributed by atoms with Crippen LogP contribution in [0, 0.1) is 0 Å². The van der Waals surface area contributed by atoms with Crippen LogP contribution >= 0.6 is 0 Å². The predicted octanol–water partition coefficient (Wildman–Crippen LogP) is -0.0784. The fourth-order valence-corrected chi connectivity index (χ4v) is 1.68. The van der Waals surface area contributed by atoms with Gasteiger partial charge in [0.25, 0.3) is 0 Å². The quantitative estimate of drug-likeness (QED) is 0.505. The fraction of sp³-hybridized carbons (Fsp3) is 0.667. The smallest absolute Gasteiger partial charge is 0.308 e. The highest BCUT2D eigenvalue weighted by molar-refractivity contribution is 5.70. The molecule has 0 saturated carbocycles. The molecule has 2 N–H and O–H groups in total. The Balaban J connectivity index is 2.80. The van der Waals surface area contributed by atoms with Crippen LogP contribution in [0.3, 0.4) is 0 Å². The van der Waals surface area contributed by atoms with Crippen LogP contribution in [0.15, 0.2) is 12.2 Å². The zero-order valence-corrected chi connectivity index (χ0v) is 10.4. The lowest BCUT2D eigenvalue weighted by Crippen LogP contribution is -2.32. The van der Waals surface area contributed by atoms with E-state index >= 15 is 0 Å². The van der Waals surface area contributed by atoms with Gasteiger partial charge in [-0.25, -0.2) is 0 Å². The van der Waals surface area contributed by atoms with Gasteiger partial charge in [0.2, 0.25) is 0 Å². The topological polar surface area (TPSA) is 93.1 Å². The van der Waals surface area contributed by atoms with Gasteiger partial charge in [-0.2, -0.15) is 0 Å². The molecule has 6 heteroatoms. The molecular formula is C12H18O6. The molecule has 1 heterocycles. The number of rotatable bonds is 1. The number of carbonyl (C=O) groups is 2. The third kappa shape index (κ3) is 4.85. The van der Waals surface area contributed by atoms with Crippen molar-refractivity contribution in [2.24, 2.45) is 0 Å². The molecule has 0 radical (unpaired) electrons. The molecule has 0 aromatic heterocycles. The van der Waals surface area contributed by atoms with E-state index in [1.807, 2.05) is 0 Å². The van der Waals surface area contributed by atoms with Crippen molar-refractivity contribution in [2.75, 3.05) is 0 Å². The number of hydrogen-bond acceptors (Lipinski definition) is 6. The fourth-order valence-electron chi connectivity index (χ4n) is 1.68. The summed E-state index contributed by atoms with van der Waals surface area (Å²) in [5.74, 6) is -1.05. The SMILES string of the molecule is CC(=O)OC1/C=C/C(O)C(O)CC(=O)OC(C)C1. The first-order valence-electron chi connectivity index (χ1n) is 5.79. The molecule has 1 aliphatic rings. The van der Waals surface area contributed by atoms with Gasteiger partial charge in [-0.3, -0.25) is 9.59 Å². The van der Waals surface area contributed by atoms with Crippen molar-refractivity contribution in [3.05, 3.63) is 12.2 Å². The summed E-state index contributed by atoms with van der Waals surface area (Å²) in [5.41, 5.74) is 0. The molecule has 4 atom stereocenters. The Morgan fingerprint density at radius 3 is 2.72 bits per heavy atom. The highest BCUT2D eigenvalue weighted by atomic mass is 16.6. The van der Waals surface area contributed by atoms with Crippen molar-refractivity contribution >= 4 is 11.9 Å². The molecule has 1 rings (SSSR count). The number of cyclic esters (lactones) is 1. The zero-order valence-electron chi connectivity index (χ0n) is 10.4. The monoisotopic (exact) mass is 258 g/mol. The van der Waals surface area contributed by atoms with Gasteiger partial charge < -0.3 is 19.7 Å². The summed E-state index contributed by atoms with van der Waals surface area (Å²) in [6.45, 7) is 2.95. The Kier molecular flexibility index (Phi) is 5.30. The molecule has 0 aromatic rings. The molecule has 6 nitrogen and oxygen atoms in total. The molecule has 1 aliphatic heterocycles. The van der Waals surface area contributed by atoms with Crippen molar-refractivity contribution in [2.45, 2.75) is 51.1 Å². The van der Waals surface area contributed by atoms with Crippen molar-refractivity contribution in [3.63, 3.8) is 0 Å². The molecule has 18 heavy (non-hydrogen) atoms. The van der Waals surface area contributed by atoms with Crippen molar-refractivity contribution in [3.8, 4) is 0 Å². The minimum absolute atomic E-state index is 0.270. The lowest BCUT2D eigenvalue weighted by atomic mass is 10.1. The van der Waals surface area contributed by atoms with Crippen LogP contribution in [0.4, 0.5) is 0 Å².